The Balaban J connectivity index is 0.000000248. The molecule has 0 bridgehead atoms. The quantitative estimate of drug-likeness (QED) is 0.774. The minimum Gasteiger partial charge on any atom is -0.395 e. The third-order valence-corrected chi connectivity index (χ3v) is 4.93. The summed E-state index contributed by atoms with van der Waals surface area (Å²) in [6.45, 7) is 4.27. The van der Waals surface area contributed by atoms with E-state index in [1.807, 2.05) is 18.2 Å². The molecule has 5 nitrogen and oxygen atoms in total. The Kier molecular flexibility index (Phi) is 9.77. The Labute approximate surface area is 172 Å². The van der Waals surface area contributed by atoms with Crippen LogP contribution in [0.25, 0.3) is 0 Å². The molecule has 2 aliphatic heterocycles. The van der Waals surface area contributed by atoms with E-state index in [0.29, 0.717) is 19.2 Å². The highest BCUT2D eigenvalue weighted by molar-refractivity contribution is 5.54. The first-order valence-corrected chi connectivity index (χ1v) is 10.1. The van der Waals surface area contributed by atoms with Crippen LogP contribution in [0.5, 0.6) is 0 Å². The standard InChI is InChI=1S/C16H14FNO.C5H10O.C2H7NO/c17-14-7-5-13(6-8-14)16-15-4-2-1-3-12(15)9-10-18(16)11-19;1-5-3-2-4-6-5;3-1-2-4/h1-8,11,16H,9-10H2;5H,2-4H2,1H3;4H,1-3H2/t16-;5-;/m01./s1. The van der Waals surface area contributed by atoms with E-state index in [1.54, 1.807) is 17.0 Å². The van der Waals surface area contributed by atoms with Gasteiger partial charge in [0.15, 0.2) is 0 Å². The highest BCUT2D eigenvalue weighted by atomic mass is 19.1. The van der Waals surface area contributed by atoms with Crippen molar-refractivity contribution in [3.63, 3.8) is 0 Å². The van der Waals surface area contributed by atoms with Crippen molar-refractivity contribution in [2.75, 3.05) is 26.3 Å². The second-order valence-corrected chi connectivity index (χ2v) is 7.08. The van der Waals surface area contributed by atoms with Crippen molar-refractivity contribution in [1.82, 2.24) is 4.90 Å². The van der Waals surface area contributed by atoms with Gasteiger partial charge in [0.25, 0.3) is 0 Å². The number of nitrogens with two attached hydrogens (primary N) is 1. The van der Waals surface area contributed by atoms with Gasteiger partial charge in [0.2, 0.25) is 6.41 Å². The highest BCUT2D eigenvalue weighted by Gasteiger charge is 2.27. The SMILES string of the molecule is C[C@@H]1CCCO1.NCCO.O=CN1CCc2ccccc2[C@@H]1c1ccc(F)cc1. The number of carbonyl (C=O) groups is 1. The number of amides is 1. The lowest BCUT2D eigenvalue weighted by molar-refractivity contribution is -0.119. The molecular formula is C23H31FN2O3. The molecule has 2 aromatic rings. The number of ether oxygens (including phenoxy) is 1. The fraction of sp³-hybridized carbons (Fsp3) is 0.435. The van der Waals surface area contributed by atoms with E-state index in [2.05, 4.69) is 13.0 Å². The molecule has 1 fully saturated rings. The molecule has 0 radical (unpaired) electrons. The summed E-state index contributed by atoms with van der Waals surface area (Å²) < 4.78 is 18.2. The molecule has 1 amide bonds. The van der Waals surface area contributed by atoms with E-state index in [9.17, 15) is 9.18 Å². The molecule has 2 aliphatic rings. The van der Waals surface area contributed by atoms with E-state index >= 15 is 0 Å². The molecule has 0 saturated carbocycles. The molecule has 29 heavy (non-hydrogen) atoms. The van der Waals surface area contributed by atoms with Gasteiger partial charge in [0.1, 0.15) is 5.82 Å². The molecule has 0 unspecified atom stereocenters. The number of aliphatic hydroxyl groups is 1. The van der Waals surface area contributed by atoms with Gasteiger partial charge in [0.05, 0.1) is 18.8 Å². The van der Waals surface area contributed by atoms with Crippen molar-refractivity contribution in [1.29, 1.82) is 0 Å². The van der Waals surface area contributed by atoms with Gasteiger partial charge in [0, 0.05) is 19.7 Å². The van der Waals surface area contributed by atoms with Crippen LogP contribution in [-0.4, -0.2) is 48.8 Å². The predicted octanol–water partition coefficient (Wildman–Crippen LogP) is 3.05. The van der Waals surface area contributed by atoms with Crippen molar-refractivity contribution in [2.45, 2.75) is 38.3 Å². The monoisotopic (exact) mass is 402 g/mol. The summed E-state index contributed by atoms with van der Waals surface area (Å²) >= 11 is 0. The van der Waals surface area contributed by atoms with Crippen LogP contribution in [-0.2, 0) is 16.0 Å². The molecule has 3 N–H and O–H groups in total. The van der Waals surface area contributed by atoms with Crippen LogP contribution in [0.4, 0.5) is 4.39 Å². The van der Waals surface area contributed by atoms with Gasteiger partial charge >= 0.3 is 0 Å². The van der Waals surface area contributed by atoms with Crippen molar-refractivity contribution < 1.29 is 19.0 Å². The number of aliphatic hydroxyl groups excluding tert-OH is 1. The summed E-state index contributed by atoms with van der Waals surface area (Å²) in [7, 11) is 0. The first kappa shape index (κ1) is 23.0. The van der Waals surface area contributed by atoms with E-state index in [-0.39, 0.29) is 18.5 Å². The average Bonchev–Trinajstić information content (AvgIpc) is 3.25. The second kappa shape index (κ2) is 12.3. The number of halogens is 1. The lowest BCUT2D eigenvalue weighted by Crippen LogP contribution is -2.34. The maximum absolute atomic E-state index is 13.0. The molecule has 0 spiro atoms. The van der Waals surface area contributed by atoms with Crippen molar-refractivity contribution in [3.05, 3.63) is 71.0 Å². The molecule has 2 aromatic carbocycles. The van der Waals surface area contributed by atoms with Crippen LogP contribution >= 0.6 is 0 Å². The Hall–Kier alpha value is -2.28. The van der Waals surface area contributed by atoms with Crippen LogP contribution in [0.3, 0.4) is 0 Å². The maximum atomic E-state index is 13.0. The lowest BCUT2D eigenvalue weighted by atomic mass is 9.88. The van der Waals surface area contributed by atoms with Gasteiger partial charge in [-0.2, -0.15) is 0 Å². The largest absolute Gasteiger partial charge is 0.395 e. The molecular weight excluding hydrogens is 371 g/mol. The van der Waals surface area contributed by atoms with E-state index in [4.69, 9.17) is 15.6 Å². The van der Waals surface area contributed by atoms with Gasteiger partial charge in [-0.1, -0.05) is 36.4 Å². The Bertz CT molecular complexity index is 731. The highest BCUT2D eigenvalue weighted by Crippen LogP contribution is 2.34. The van der Waals surface area contributed by atoms with Gasteiger partial charge in [-0.15, -0.1) is 0 Å². The van der Waals surface area contributed by atoms with Gasteiger partial charge in [-0.3, -0.25) is 4.79 Å². The smallest absolute Gasteiger partial charge is 0.210 e. The summed E-state index contributed by atoms with van der Waals surface area (Å²) in [6, 6.07) is 14.4. The van der Waals surface area contributed by atoms with E-state index in [0.717, 1.165) is 30.6 Å². The van der Waals surface area contributed by atoms with Gasteiger partial charge in [-0.25, -0.2) is 4.39 Å². The lowest BCUT2D eigenvalue weighted by Gasteiger charge is -2.35. The first-order chi connectivity index (χ1) is 14.1. The normalized spacial score (nSPS) is 19.9. The van der Waals surface area contributed by atoms with Crippen molar-refractivity contribution in [3.8, 4) is 0 Å². The number of hydrogen-bond acceptors (Lipinski definition) is 4. The van der Waals surface area contributed by atoms with Crippen LogP contribution in [0, 0.1) is 5.82 Å². The number of hydrogen-bond donors (Lipinski definition) is 2. The molecule has 0 aliphatic carbocycles. The van der Waals surface area contributed by atoms with Gasteiger partial charge in [-0.05, 0) is 55.0 Å². The number of rotatable bonds is 3. The summed E-state index contributed by atoms with van der Waals surface area (Å²) in [5.74, 6) is -0.259. The fourth-order valence-corrected chi connectivity index (χ4v) is 3.45. The summed E-state index contributed by atoms with van der Waals surface area (Å²) in [4.78, 5) is 13.0. The number of nitrogens with zero attached hydrogens (tertiary/aromatic N) is 1. The van der Waals surface area contributed by atoms with Crippen molar-refractivity contribution >= 4 is 6.41 Å². The van der Waals surface area contributed by atoms with E-state index in [1.165, 1.54) is 30.5 Å². The molecule has 158 valence electrons. The summed E-state index contributed by atoms with van der Waals surface area (Å²) in [5.41, 5.74) is 8.11. The van der Waals surface area contributed by atoms with Crippen LogP contribution in [0.2, 0.25) is 0 Å². The topological polar surface area (TPSA) is 75.8 Å². The van der Waals surface area contributed by atoms with Crippen LogP contribution in [0.1, 0.15) is 42.5 Å². The van der Waals surface area contributed by atoms with E-state index < -0.39 is 0 Å². The molecule has 0 aromatic heterocycles. The zero-order valence-corrected chi connectivity index (χ0v) is 17.0. The third kappa shape index (κ3) is 6.92. The molecule has 2 atom stereocenters. The molecule has 1 saturated heterocycles. The predicted molar refractivity (Wildman–Crippen MR) is 112 cm³/mol. The Morgan fingerprint density at radius 1 is 1.24 bits per heavy atom. The number of fused-ring (bicyclic) bond motifs is 1. The maximum Gasteiger partial charge on any atom is 0.210 e. The number of benzene rings is 2. The minimum absolute atomic E-state index is 0.0972. The fourth-order valence-electron chi connectivity index (χ4n) is 3.45. The summed E-state index contributed by atoms with van der Waals surface area (Å²) in [5, 5.41) is 7.75. The zero-order valence-electron chi connectivity index (χ0n) is 17.0. The molecule has 4 rings (SSSR count). The zero-order chi connectivity index (χ0) is 21.1. The van der Waals surface area contributed by atoms with Crippen LogP contribution in [0.15, 0.2) is 48.5 Å². The summed E-state index contributed by atoms with van der Waals surface area (Å²) in [6.07, 6.45) is 4.82. The third-order valence-electron chi connectivity index (χ3n) is 4.93. The molecule has 2 heterocycles. The number of carbonyl (C=O) groups excluding carboxylic acids is 1. The Morgan fingerprint density at radius 2 is 1.93 bits per heavy atom. The second-order valence-electron chi connectivity index (χ2n) is 7.08. The first-order valence-electron chi connectivity index (χ1n) is 10.1. The average molecular weight is 403 g/mol. The molecule has 6 heteroatoms. The van der Waals surface area contributed by atoms with Crippen LogP contribution < -0.4 is 5.73 Å². The minimum atomic E-state index is -0.259. The Morgan fingerprint density at radius 3 is 2.45 bits per heavy atom. The van der Waals surface area contributed by atoms with Gasteiger partial charge < -0.3 is 20.5 Å². The van der Waals surface area contributed by atoms with Crippen molar-refractivity contribution in [2.24, 2.45) is 5.73 Å².